The molecule has 0 aliphatic carbocycles. The Balaban J connectivity index is 1.85. The minimum absolute atomic E-state index is 0.170. The van der Waals surface area contributed by atoms with Crippen LogP contribution < -0.4 is 5.32 Å². The number of nitrogens with one attached hydrogen (secondary N) is 2. The number of aromatic nitrogens is 1. The molecule has 0 radical (unpaired) electrons. The highest BCUT2D eigenvalue weighted by atomic mass is 16.5. The first kappa shape index (κ1) is 13.1. The minimum Gasteiger partial charge on any atom is -0.383 e. The fraction of sp³-hybridized carbons (Fsp3) is 0.615. The van der Waals surface area contributed by atoms with E-state index >= 15 is 0 Å². The van der Waals surface area contributed by atoms with Gasteiger partial charge in [0.25, 0.3) is 0 Å². The number of nitrogens with zero attached hydrogens (tertiary/aromatic N) is 1. The third-order valence-corrected chi connectivity index (χ3v) is 3.31. The first-order valence-corrected chi connectivity index (χ1v) is 6.45. The van der Waals surface area contributed by atoms with Gasteiger partial charge in [-0.3, -0.25) is 4.79 Å². The van der Waals surface area contributed by atoms with Gasteiger partial charge in [0, 0.05) is 32.1 Å². The molecule has 1 fully saturated rings. The molecule has 1 saturated heterocycles. The van der Waals surface area contributed by atoms with Gasteiger partial charge in [-0.15, -0.1) is 0 Å². The number of rotatable bonds is 6. The van der Waals surface area contributed by atoms with Gasteiger partial charge in [0.15, 0.2) is 0 Å². The standard InChI is InChI=1S/C13H21N3O2/c1-18-9-7-14-10-13(17)16-8-3-5-12(16)11-4-2-6-15-11/h2,4,6,12,14-15H,3,5,7-10H2,1H3. The van der Waals surface area contributed by atoms with Crippen molar-refractivity contribution in [3.8, 4) is 0 Å². The largest absolute Gasteiger partial charge is 0.383 e. The van der Waals surface area contributed by atoms with Crippen molar-refractivity contribution in [2.24, 2.45) is 0 Å². The third-order valence-electron chi connectivity index (χ3n) is 3.31. The zero-order valence-electron chi connectivity index (χ0n) is 10.8. The van der Waals surface area contributed by atoms with E-state index in [1.54, 1.807) is 7.11 Å². The number of likely N-dealkylation sites (tertiary alicyclic amines) is 1. The van der Waals surface area contributed by atoms with Crippen LogP contribution in [0.4, 0.5) is 0 Å². The van der Waals surface area contributed by atoms with E-state index in [-0.39, 0.29) is 11.9 Å². The summed E-state index contributed by atoms with van der Waals surface area (Å²) in [5.41, 5.74) is 1.14. The lowest BCUT2D eigenvalue weighted by Gasteiger charge is -2.24. The van der Waals surface area contributed by atoms with E-state index in [4.69, 9.17) is 4.74 Å². The van der Waals surface area contributed by atoms with Crippen molar-refractivity contribution in [1.82, 2.24) is 15.2 Å². The zero-order chi connectivity index (χ0) is 12.8. The molecular formula is C13H21N3O2. The summed E-state index contributed by atoms with van der Waals surface area (Å²) in [4.78, 5) is 17.3. The Bertz CT molecular complexity index is 364. The molecule has 2 heterocycles. The molecule has 1 aromatic rings. The molecule has 2 N–H and O–H groups in total. The number of carbonyl (C=O) groups excluding carboxylic acids is 1. The smallest absolute Gasteiger partial charge is 0.237 e. The van der Waals surface area contributed by atoms with E-state index in [2.05, 4.69) is 16.4 Å². The number of methoxy groups -OCH3 is 1. The van der Waals surface area contributed by atoms with Crippen LogP contribution in [0.3, 0.4) is 0 Å². The second-order valence-electron chi connectivity index (χ2n) is 4.54. The number of H-pyrrole nitrogens is 1. The maximum Gasteiger partial charge on any atom is 0.237 e. The van der Waals surface area contributed by atoms with E-state index in [0.29, 0.717) is 19.7 Å². The molecule has 0 spiro atoms. The zero-order valence-corrected chi connectivity index (χ0v) is 10.8. The van der Waals surface area contributed by atoms with Gasteiger partial charge in [0.1, 0.15) is 0 Å². The van der Waals surface area contributed by atoms with Crippen LogP contribution in [0.5, 0.6) is 0 Å². The number of aromatic amines is 1. The highest BCUT2D eigenvalue weighted by Gasteiger charge is 2.29. The van der Waals surface area contributed by atoms with Crippen molar-refractivity contribution in [2.75, 3.05) is 33.4 Å². The number of hydrogen-bond acceptors (Lipinski definition) is 3. The first-order valence-electron chi connectivity index (χ1n) is 6.45. The maximum absolute atomic E-state index is 12.1. The molecule has 100 valence electrons. The van der Waals surface area contributed by atoms with Crippen LogP contribution in [-0.4, -0.2) is 49.1 Å². The Labute approximate surface area is 108 Å². The molecule has 5 nitrogen and oxygen atoms in total. The van der Waals surface area contributed by atoms with Crippen LogP contribution >= 0.6 is 0 Å². The summed E-state index contributed by atoms with van der Waals surface area (Å²) < 4.78 is 4.94. The van der Waals surface area contributed by atoms with Gasteiger partial charge >= 0.3 is 0 Å². The molecule has 5 heteroatoms. The van der Waals surface area contributed by atoms with Crippen LogP contribution in [0.1, 0.15) is 24.6 Å². The Morgan fingerprint density at radius 2 is 2.56 bits per heavy atom. The van der Waals surface area contributed by atoms with Crippen molar-refractivity contribution in [2.45, 2.75) is 18.9 Å². The van der Waals surface area contributed by atoms with E-state index in [0.717, 1.165) is 25.1 Å². The Kier molecular flexibility index (Phi) is 4.78. The van der Waals surface area contributed by atoms with Crippen LogP contribution in [0.25, 0.3) is 0 Å². The molecule has 1 aliphatic heterocycles. The number of amides is 1. The summed E-state index contributed by atoms with van der Waals surface area (Å²) in [6.45, 7) is 2.59. The monoisotopic (exact) mass is 251 g/mol. The molecule has 1 amide bonds. The lowest BCUT2D eigenvalue weighted by Crippen LogP contribution is -2.38. The fourth-order valence-corrected chi connectivity index (χ4v) is 2.41. The van der Waals surface area contributed by atoms with Gasteiger partial charge in [-0.25, -0.2) is 0 Å². The second-order valence-corrected chi connectivity index (χ2v) is 4.54. The third kappa shape index (κ3) is 3.11. The van der Waals surface area contributed by atoms with E-state index in [9.17, 15) is 4.79 Å². The Hall–Kier alpha value is -1.33. The van der Waals surface area contributed by atoms with Crippen molar-refractivity contribution < 1.29 is 9.53 Å². The maximum atomic E-state index is 12.1. The van der Waals surface area contributed by atoms with Gasteiger partial charge in [-0.2, -0.15) is 0 Å². The summed E-state index contributed by atoms with van der Waals surface area (Å²) >= 11 is 0. The van der Waals surface area contributed by atoms with E-state index < -0.39 is 0 Å². The van der Waals surface area contributed by atoms with Gasteiger partial charge in [0.05, 0.1) is 19.2 Å². The minimum atomic E-state index is 0.170. The van der Waals surface area contributed by atoms with Crippen LogP contribution in [0.15, 0.2) is 18.3 Å². The molecule has 18 heavy (non-hydrogen) atoms. The lowest BCUT2D eigenvalue weighted by atomic mass is 10.1. The summed E-state index contributed by atoms with van der Waals surface area (Å²) in [5.74, 6) is 0.170. The molecule has 1 atom stereocenters. The summed E-state index contributed by atoms with van der Waals surface area (Å²) in [6, 6.07) is 4.25. The lowest BCUT2D eigenvalue weighted by molar-refractivity contribution is -0.131. The van der Waals surface area contributed by atoms with Gasteiger partial charge in [-0.1, -0.05) is 0 Å². The van der Waals surface area contributed by atoms with Crippen LogP contribution in [0, 0.1) is 0 Å². The molecule has 2 rings (SSSR count). The van der Waals surface area contributed by atoms with Crippen molar-refractivity contribution in [1.29, 1.82) is 0 Å². The van der Waals surface area contributed by atoms with Gasteiger partial charge in [0.2, 0.25) is 5.91 Å². The average Bonchev–Trinajstić information content (AvgIpc) is 3.02. The Morgan fingerprint density at radius 1 is 1.67 bits per heavy atom. The van der Waals surface area contributed by atoms with Crippen LogP contribution in [-0.2, 0) is 9.53 Å². The molecule has 0 saturated carbocycles. The summed E-state index contributed by atoms with van der Waals surface area (Å²) in [6.07, 6.45) is 4.03. The van der Waals surface area contributed by atoms with Gasteiger partial charge in [-0.05, 0) is 25.0 Å². The summed E-state index contributed by atoms with van der Waals surface area (Å²) in [7, 11) is 1.66. The SMILES string of the molecule is COCCNCC(=O)N1CCCC1c1ccc[nH]1. The van der Waals surface area contributed by atoms with Gasteiger partial charge < -0.3 is 19.9 Å². The van der Waals surface area contributed by atoms with Crippen LogP contribution in [0.2, 0.25) is 0 Å². The molecular weight excluding hydrogens is 230 g/mol. The average molecular weight is 251 g/mol. The summed E-state index contributed by atoms with van der Waals surface area (Å²) in [5, 5.41) is 3.10. The quantitative estimate of drug-likeness (QED) is 0.739. The first-order chi connectivity index (χ1) is 8.83. The fourth-order valence-electron chi connectivity index (χ4n) is 2.41. The number of carbonyl (C=O) groups is 1. The molecule has 1 aromatic heterocycles. The Morgan fingerprint density at radius 3 is 3.28 bits per heavy atom. The van der Waals surface area contributed by atoms with Crippen molar-refractivity contribution in [3.05, 3.63) is 24.0 Å². The number of hydrogen-bond donors (Lipinski definition) is 2. The molecule has 1 unspecified atom stereocenters. The second kappa shape index (κ2) is 6.56. The van der Waals surface area contributed by atoms with Crippen molar-refractivity contribution in [3.63, 3.8) is 0 Å². The predicted octanol–water partition coefficient (Wildman–Crippen LogP) is 0.914. The molecule has 0 bridgehead atoms. The normalized spacial score (nSPS) is 19.4. The molecule has 1 aliphatic rings. The molecule has 0 aromatic carbocycles. The topological polar surface area (TPSA) is 57.4 Å². The predicted molar refractivity (Wildman–Crippen MR) is 69.2 cm³/mol. The number of ether oxygens (including phenoxy) is 1. The highest BCUT2D eigenvalue weighted by molar-refractivity contribution is 5.79. The van der Waals surface area contributed by atoms with Crippen molar-refractivity contribution >= 4 is 5.91 Å². The van der Waals surface area contributed by atoms with E-state index in [1.807, 2.05) is 17.2 Å². The van der Waals surface area contributed by atoms with E-state index in [1.165, 1.54) is 0 Å². The highest BCUT2D eigenvalue weighted by Crippen LogP contribution is 2.30.